The summed E-state index contributed by atoms with van der Waals surface area (Å²) in [5.41, 5.74) is 9.83. The first-order chi connectivity index (χ1) is 23.2. The lowest BCUT2D eigenvalue weighted by Gasteiger charge is -2.26. The van der Waals surface area contributed by atoms with E-state index in [1.54, 1.807) is 10.9 Å². The predicted molar refractivity (Wildman–Crippen MR) is 182 cm³/mol. The molecule has 5 aromatic carbocycles. The van der Waals surface area contributed by atoms with Gasteiger partial charge in [0.05, 0.1) is 11.4 Å². The van der Waals surface area contributed by atoms with Crippen LogP contribution < -0.4 is 4.90 Å². The second-order valence-electron chi connectivity index (χ2n) is 11.1. The molecule has 4 aromatic heterocycles. The molecule has 0 aliphatic rings. The standard InChI is InChI=1S/C37H25N9O/c47-36-23-29(20-21-35(36)46-41-32-9-3-4-10-33(32)42-46)44(26-14-12-25(13-15-26)34-24-43-22-6-5-11-37(43)38-34)27-16-18-28(19-17-27)45-39-30-7-1-2-8-31(30)40-45/h1-24,47H. The lowest BCUT2D eigenvalue weighted by Crippen LogP contribution is -2.11. The van der Waals surface area contributed by atoms with E-state index in [2.05, 4.69) is 49.6 Å². The average Bonchev–Trinajstić information content (AvgIpc) is 3.86. The van der Waals surface area contributed by atoms with Gasteiger partial charge in [-0.15, -0.1) is 25.2 Å². The van der Waals surface area contributed by atoms with Gasteiger partial charge in [-0.3, -0.25) is 0 Å². The number of phenols is 1. The highest BCUT2D eigenvalue weighted by molar-refractivity contribution is 5.80. The van der Waals surface area contributed by atoms with Gasteiger partial charge in [-0.1, -0.05) is 42.5 Å². The molecule has 0 saturated carbocycles. The van der Waals surface area contributed by atoms with Crippen molar-refractivity contribution in [1.82, 2.24) is 39.4 Å². The minimum absolute atomic E-state index is 0.0539. The Labute approximate surface area is 268 Å². The van der Waals surface area contributed by atoms with Crippen LogP contribution in [0.2, 0.25) is 0 Å². The minimum Gasteiger partial charge on any atom is -0.506 e. The number of pyridine rings is 1. The summed E-state index contributed by atoms with van der Waals surface area (Å²) in [5.74, 6) is 0.0539. The van der Waals surface area contributed by atoms with Crippen molar-refractivity contribution in [2.45, 2.75) is 0 Å². The molecule has 9 rings (SSSR count). The van der Waals surface area contributed by atoms with Crippen LogP contribution in [0.4, 0.5) is 17.1 Å². The van der Waals surface area contributed by atoms with E-state index in [0.717, 1.165) is 61.7 Å². The fraction of sp³-hybridized carbons (Fsp3) is 0. The summed E-state index contributed by atoms with van der Waals surface area (Å²) in [4.78, 5) is 9.97. The number of rotatable bonds is 6. The van der Waals surface area contributed by atoms with Crippen molar-refractivity contribution in [3.8, 4) is 28.4 Å². The molecule has 0 saturated heterocycles. The number of fused-ring (bicyclic) bond motifs is 3. The normalized spacial score (nSPS) is 11.5. The molecule has 224 valence electrons. The van der Waals surface area contributed by atoms with Crippen molar-refractivity contribution in [1.29, 1.82) is 0 Å². The first-order valence-corrected chi connectivity index (χ1v) is 15.1. The van der Waals surface area contributed by atoms with Crippen LogP contribution in [0, 0.1) is 0 Å². The molecule has 0 fully saturated rings. The van der Waals surface area contributed by atoms with Gasteiger partial charge >= 0.3 is 0 Å². The molecule has 0 atom stereocenters. The largest absolute Gasteiger partial charge is 0.506 e. The van der Waals surface area contributed by atoms with E-state index >= 15 is 0 Å². The third-order valence-electron chi connectivity index (χ3n) is 8.13. The molecular weight excluding hydrogens is 586 g/mol. The third kappa shape index (κ3) is 4.72. The average molecular weight is 612 g/mol. The predicted octanol–water partition coefficient (Wildman–Crippen LogP) is 7.64. The monoisotopic (exact) mass is 611 g/mol. The zero-order valence-electron chi connectivity index (χ0n) is 24.8. The molecule has 9 aromatic rings. The van der Waals surface area contributed by atoms with E-state index in [-0.39, 0.29) is 5.75 Å². The Morgan fingerprint density at radius 3 is 1.68 bits per heavy atom. The minimum atomic E-state index is 0.0539. The SMILES string of the molecule is Oc1cc(N(c2ccc(-c3cn4ccccc4n3)cc2)c2ccc(-n3nc4ccccc4n3)cc2)ccc1-n1nc2ccccc2n1. The Morgan fingerprint density at radius 2 is 1.09 bits per heavy atom. The Hall–Kier alpha value is -6.81. The summed E-state index contributed by atoms with van der Waals surface area (Å²) in [6.45, 7) is 0. The number of aromatic hydroxyl groups is 1. The summed E-state index contributed by atoms with van der Waals surface area (Å²) < 4.78 is 2.01. The highest BCUT2D eigenvalue weighted by Crippen LogP contribution is 2.38. The van der Waals surface area contributed by atoms with E-state index in [9.17, 15) is 5.11 Å². The maximum atomic E-state index is 11.3. The molecule has 10 heteroatoms. The van der Waals surface area contributed by atoms with Gasteiger partial charge in [0.25, 0.3) is 0 Å². The zero-order valence-corrected chi connectivity index (χ0v) is 24.8. The van der Waals surface area contributed by atoms with Crippen LogP contribution in [0.25, 0.3) is 50.3 Å². The third-order valence-corrected chi connectivity index (χ3v) is 8.13. The second kappa shape index (κ2) is 10.7. The number of nitrogens with zero attached hydrogens (tertiary/aromatic N) is 9. The van der Waals surface area contributed by atoms with Crippen molar-refractivity contribution >= 4 is 44.8 Å². The summed E-state index contributed by atoms with van der Waals surface area (Å²) in [7, 11) is 0. The molecular formula is C37H25N9O. The van der Waals surface area contributed by atoms with Gasteiger partial charge in [0.15, 0.2) is 0 Å². The molecule has 1 N–H and O–H groups in total. The fourth-order valence-corrected chi connectivity index (χ4v) is 5.80. The number of phenolic OH excluding ortho intramolecular Hbond substituents is 1. The number of benzene rings is 5. The lowest BCUT2D eigenvalue weighted by atomic mass is 10.1. The van der Waals surface area contributed by atoms with Crippen molar-refractivity contribution in [3.05, 3.63) is 146 Å². The van der Waals surface area contributed by atoms with Crippen molar-refractivity contribution in [2.24, 2.45) is 0 Å². The maximum Gasteiger partial charge on any atom is 0.145 e. The smallest absolute Gasteiger partial charge is 0.145 e. The molecule has 0 unspecified atom stereocenters. The number of hydrogen-bond acceptors (Lipinski definition) is 7. The van der Waals surface area contributed by atoms with Gasteiger partial charge in [-0.05, 0) is 84.9 Å². The van der Waals surface area contributed by atoms with Crippen molar-refractivity contribution in [3.63, 3.8) is 0 Å². The molecule has 0 spiro atoms. The van der Waals surface area contributed by atoms with Crippen LogP contribution in [0.15, 0.2) is 146 Å². The highest BCUT2D eigenvalue weighted by Gasteiger charge is 2.17. The second-order valence-corrected chi connectivity index (χ2v) is 11.1. The van der Waals surface area contributed by atoms with Gasteiger partial charge in [0.2, 0.25) is 0 Å². The maximum absolute atomic E-state index is 11.3. The molecule has 0 amide bonds. The molecule has 0 bridgehead atoms. The van der Waals surface area contributed by atoms with Crippen molar-refractivity contribution in [2.75, 3.05) is 4.90 Å². The van der Waals surface area contributed by atoms with E-state index in [1.165, 1.54) is 4.80 Å². The molecule has 0 aliphatic carbocycles. The number of anilines is 3. The van der Waals surface area contributed by atoms with Gasteiger partial charge in [-0.2, -0.15) is 4.80 Å². The van der Waals surface area contributed by atoms with E-state index < -0.39 is 0 Å². The molecule has 0 radical (unpaired) electrons. The number of hydrogen-bond donors (Lipinski definition) is 1. The van der Waals surface area contributed by atoms with E-state index in [4.69, 9.17) is 4.98 Å². The van der Waals surface area contributed by atoms with Crippen LogP contribution in [-0.4, -0.2) is 44.5 Å². The Bertz CT molecular complexity index is 2330. The van der Waals surface area contributed by atoms with Crippen LogP contribution in [0.3, 0.4) is 0 Å². The Kier molecular flexibility index (Phi) is 6.03. The Balaban J connectivity index is 1.11. The molecule has 10 nitrogen and oxygen atoms in total. The van der Waals surface area contributed by atoms with Gasteiger partial charge in [0.1, 0.15) is 39.2 Å². The van der Waals surface area contributed by atoms with Crippen LogP contribution in [0.5, 0.6) is 5.75 Å². The van der Waals surface area contributed by atoms with Crippen LogP contribution in [-0.2, 0) is 0 Å². The quantitative estimate of drug-likeness (QED) is 0.206. The number of aromatic nitrogens is 8. The molecule has 0 aliphatic heterocycles. The summed E-state index contributed by atoms with van der Waals surface area (Å²) in [6.07, 6.45) is 4.02. The van der Waals surface area contributed by atoms with Crippen LogP contribution in [0.1, 0.15) is 0 Å². The van der Waals surface area contributed by atoms with Gasteiger partial charge < -0.3 is 14.4 Å². The molecule has 47 heavy (non-hydrogen) atoms. The van der Waals surface area contributed by atoms with Crippen LogP contribution >= 0.6 is 0 Å². The van der Waals surface area contributed by atoms with E-state index in [1.807, 2.05) is 120 Å². The van der Waals surface area contributed by atoms with Gasteiger partial charge in [0, 0.05) is 41.1 Å². The number of imidazole rings is 1. The highest BCUT2D eigenvalue weighted by atomic mass is 16.3. The summed E-state index contributed by atoms with van der Waals surface area (Å²) >= 11 is 0. The van der Waals surface area contributed by atoms with E-state index in [0.29, 0.717) is 5.69 Å². The van der Waals surface area contributed by atoms with Crippen molar-refractivity contribution < 1.29 is 5.11 Å². The zero-order chi connectivity index (χ0) is 31.3. The first-order valence-electron chi connectivity index (χ1n) is 15.1. The molecule has 4 heterocycles. The first kappa shape index (κ1) is 26.6. The summed E-state index contributed by atoms with van der Waals surface area (Å²) in [6, 6.07) is 43.1. The Morgan fingerprint density at radius 1 is 0.532 bits per heavy atom. The van der Waals surface area contributed by atoms with Gasteiger partial charge in [-0.25, -0.2) is 4.98 Å². The topological polar surface area (TPSA) is 102 Å². The lowest BCUT2D eigenvalue weighted by molar-refractivity contribution is 0.468. The summed E-state index contributed by atoms with van der Waals surface area (Å²) in [5, 5.41) is 29.6. The fourth-order valence-electron chi connectivity index (χ4n) is 5.80.